The van der Waals surface area contributed by atoms with Gasteiger partial charge < -0.3 is 0 Å². The molecular formula is C22H16. The summed E-state index contributed by atoms with van der Waals surface area (Å²) in [6.07, 6.45) is 3.87. The second-order valence-corrected chi connectivity index (χ2v) is 5.62. The van der Waals surface area contributed by atoms with Crippen LogP contribution in [0.2, 0.25) is 0 Å². The first-order chi connectivity index (χ1) is 10.8. The van der Waals surface area contributed by atoms with E-state index in [1.165, 1.54) is 32.3 Å². The van der Waals surface area contributed by atoms with Gasteiger partial charge in [-0.15, -0.1) is 0 Å². The molecule has 4 aromatic carbocycles. The summed E-state index contributed by atoms with van der Waals surface area (Å²) in [5.41, 5.74) is 0. The minimum atomic E-state index is 1.03. The molecule has 0 saturated heterocycles. The SMILES string of the molecule is C=C/C=c1\c(=C)ccc2cc3c(ccc4ccccc43)cc12. The van der Waals surface area contributed by atoms with Gasteiger partial charge in [0.2, 0.25) is 0 Å². The fourth-order valence-electron chi connectivity index (χ4n) is 3.21. The predicted octanol–water partition coefficient (Wildman–Crippen LogP) is 4.52. The van der Waals surface area contributed by atoms with E-state index in [2.05, 4.69) is 73.8 Å². The Kier molecular flexibility index (Phi) is 2.83. The normalized spacial score (nSPS) is 12.3. The van der Waals surface area contributed by atoms with Gasteiger partial charge in [-0.1, -0.05) is 73.8 Å². The molecule has 0 radical (unpaired) electrons. The Morgan fingerprint density at radius 2 is 1.36 bits per heavy atom. The lowest BCUT2D eigenvalue weighted by atomic mass is 9.97. The molecule has 0 N–H and O–H groups in total. The summed E-state index contributed by atoms with van der Waals surface area (Å²) < 4.78 is 0. The van der Waals surface area contributed by atoms with E-state index in [-0.39, 0.29) is 0 Å². The van der Waals surface area contributed by atoms with Crippen LogP contribution in [0.3, 0.4) is 0 Å². The Morgan fingerprint density at radius 1 is 0.682 bits per heavy atom. The van der Waals surface area contributed by atoms with Gasteiger partial charge in [0, 0.05) is 0 Å². The van der Waals surface area contributed by atoms with E-state index in [0.29, 0.717) is 0 Å². The lowest BCUT2D eigenvalue weighted by Crippen LogP contribution is -2.23. The number of rotatable bonds is 1. The van der Waals surface area contributed by atoms with Crippen molar-refractivity contribution in [1.29, 1.82) is 0 Å². The van der Waals surface area contributed by atoms with E-state index >= 15 is 0 Å². The molecule has 4 aromatic rings. The predicted molar refractivity (Wildman–Crippen MR) is 98.4 cm³/mol. The standard InChI is InChI=1S/C22H16/c1-3-6-19-15(2)9-10-17-14-22-18(13-21(17)19)12-11-16-7-4-5-8-20(16)22/h3-14H,1-2H2/b19-6+. The van der Waals surface area contributed by atoms with Gasteiger partial charge in [-0.25, -0.2) is 0 Å². The average molecular weight is 280 g/mol. The third-order valence-electron chi connectivity index (χ3n) is 4.30. The molecule has 0 unspecified atom stereocenters. The summed E-state index contributed by atoms with van der Waals surface area (Å²) in [6, 6.07) is 21.7. The Balaban J connectivity index is 2.26. The molecule has 0 atom stereocenters. The van der Waals surface area contributed by atoms with Gasteiger partial charge in [0.15, 0.2) is 0 Å². The van der Waals surface area contributed by atoms with E-state index in [1.807, 2.05) is 12.2 Å². The first kappa shape index (κ1) is 12.8. The number of hydrogen-bond donors (Lipinski definition) is 0. The fourth-order valence-corrected chi connectivity index (χ4v) is 3.21. The zero-order valence-corrected chi connectivity index (χ0v) is 12.3. The molecule has 0 nitrogen and oxygen atoms in total. The third kappa shape index (κ3) is 1.85. The summed E-state index contributed by atoms with van der Waals surface area (Å²) in [4.78, 5) is 0. The molecule has 104 valence electrons. The highest BCUT2D eigenvalue weighted by Crippen LogP contribution is 2.28. The molecule has 0 aromatic heterocycles. The molecule has 4 rings (SSSR count). The molecule has 0 saturated carbocycles. The molecule has 0 amide bonds. The van der Waals surface area contributed by atoms with Gasteiger partial charge in [-0.3, -0.25) is 0 Å². The molecule has 0 aliphatic carbocycles. The highest BCUT2D eigenvalue weighted by Gasteiger charge is 2.03. The maximum atomic E-state index is 4.14. The lowest BCUT2D eigenvalue weighted by molar-refractivity contribution is 1.61. The first-order valence-electron chi connectivity index (χ1n) is 7.44. The van der Waals surface area contributed by atoms with Crippen LogP contribution in [0, 0.1) is 0 Å². The van der Waals surface area contributed by atoms with E-state index < -0.39 is 0 Å². The van der Waals surface area contributed by atoms with Crippen molar-refractivity contribution in [3.8, 4) is 0 Å². The van der Waals surface area contributed by atoms with Crippen LogP contribution in [0.15, 0.2) is 73.3 Å². The Labute approximate surface area is 129 Å². The minimum absolute atomic E-state index is 1.03. The molecule has 0 aliphatic heterocycles. The van der Waals surface area contributed by atoms with Crippen LogP contribution in [0.25, 0.3) is 45.0 Å². The highest BCUT2D eigenvalue weighted by atomic mass is 14.1. The van der Waals surface area contributed by atoms with Gasteiger partial charge in [0.25, 0.3) is 0 Å². The quantitative estimate of drug-likeness (QED) is 0.355. The van der Waals surface area contributed by atoms with Gasteiger partial charge in [-0.05, 0) is 54.9 Å². The zero-order valence-electron chi connectivity index (χ0n) is 12.3. The van der Waals surface area contributed by atoms with Crippen LogP contribution in [-0.2, 0) is 0 Å². The number of fused-ring (bicyclic) bond motifs is 4. The smallest absolute Gasteiger partial charge is 0.00990 e. The number of allylic oxidation sites excluding steroid dienone is 1. The largest absolute Gasteiger partial charge is 0.0990 e. The monoisotopic (exact) mass is 280 g/mol. The Hall–Kier alpha value is -2.86. The van der Waals surface area contributed by atoms with Gasteiger partial charge in [0.1, 0.15) is 0 Å². The van der Waals surface area contributed by atoms with Crippen LogP contribution < -0.4 is 10.4 Å². The molecule has 0 spiro atoms. The second-order valence-electron chi connectivity index (χ2n) is 5.62. The van der Waals surface area contributed by atoms with Gasteiger partial charge in [-0.2, -0.15) is 0 Å². The van der Waals surface area contributed by atoms with E-state index in [0.717, 1.165) is 10.4 Å². The van der Waals surface area contributed by atoms with Crippen molar-refractivity contribution in [3.63, 3.8) is 0 Å². The van der Waals surface area contributed by atoms with Crippen molar-refractivity contribution in [2.75, 3.05) is 0 Å². The first-order valence-corrected chi connectivity index (χ1v) is 7.44. The van der Waals surface area contributed by atoms with E-state index in [1.54, 1.807) is 0 Å². The molecule has 0 bridgehead atoms. The second kappa shape index (κ2) is 4.85. The minimum Gasteiger partial charge on any atom is -0.0990 e. The van der Waals surface area contributed by atoms with Crippen molar-refractivity contribution in [2.45, 2.75) is 0 Å². The van der Waals surface area contributed by atoms with Crippen molar-refractivity contribution in [2.24, 2.45) is 0 Å². The highest BCUT2D eigenvalue weighted by molar-refractivity contribution is 6.12. The molecule has 0 heteroatoms. The third-order valence-corrected chi connectivity index (χ3v) is 4.30. The van der Waals surface area contributed by atoms with Crippen molar-refractivity contribution >= 4 is 45.0 Å². The topological polar surface area (TPSA) is 0 Å². The van der Waals surface area contributed by atoms with Crippen molar-refractivity contribution in [1.82, 2.24) is 0 Å². The average Bonchev–Trinajstić information content (AvgIpc) is 2.56. The van der Waals surface area contributed by atoms with Crippen LogP contribution in [0.5, 0.6) is 0 Å². The lowest BCUT2D eigenvalue weighted by Gasteiger charge is -2.07. The summed E-state index contributed by atoms with van der Waals surface area (Å²) in [5, 5.41) is 9.80. The number of hydrogen-bond acceptors (Lipinski definition) is 0. The summed E-state index contributed by atoms with van der Waals surface area (Å²) in [5.74, 6) is 0. The molecular weight excluding hydrogens is 264 g/mol. The van der Waals surface area contributed by atoms with Crippen molar-refractivity contribution in [3.05, 3.63) is 83.8 Å². The zero-order chi connectivity index (χ0) is 15.1. The maximum Gasteiger partial charge on any atom is -0.00990 e. The summed E-state index contributed by atoms with van der Waals surface area (Å²) in [7, 11) is 0. The maximum absolute atomic E-state index is 4.14. The van der Waals surface area contributed by atoms with Crippen LogP contribution in [-0.4, -0.2) is 0 Å². The van der Waals surface area contributed by atoms with Gasteiger partial charge >= 0.3 is 0 Å². The molecule has 0 fully saturated rings. The summed E-state index contributed by atoms with van der Waals surface area (Å²) in [6.45, 7) is 7.96. The molecule has 22 heavy (non-hydrogen) atoms. The van der Waals surface area contributed by atoms with Crippen LogP contribution >= 0.6 is 0 Å². The fraction of sp³-hybridized carbons (Fsp3) is 0. The van der Waals surface area contributed by atoms with E-state index in [9.17, 15) is 0 Å². The number of benzene rings is 4. The Bertz CT molecular complexity index is 1150. The van der Waals surface area contributed by atoms with Crippen LogP contribution in [0.1, 0.15) is 0 Å². The molecule has 0 heterocycles. The van der Waals surface area contributed by atoms with E-state index in [4.69, 9.17) is 0 Å². The Morgan fingerprint density at radius 3 is 2.23 bits per heavy atom. The molecule has 0 aliphatic rings. The van der Waals surface area contributed by atoms with Crippen molar-refractivity contribution < 1.29 is 0 Å². The van der Waals surface area contributed by atoms with Crippen LogP contribution in [0.4, 0.5) is 0 Å². The summed E-state index contributed by atoms with van der Waals surface area (Å²) >= 11 is 0. The van der Waals surface area contributed by atoms with Gasteiger partial charge in [0.05, 0.1) is 0 Å².